The first-order valence-electron chi connectivity index (χ1n) is 9.83. The predicted molar refractivity (Wildman–Crippen MR) is 106 cm³/mol. The molecule has 0 unspecified atom stereocenters. The fourth-order valence-electron chi connectivity index (χ4n) is 3.46. The maximum atomic E-state index is 11.4. The Morgan fingerprint density at radius 3 is 2.83 bits per heavy atom. The van der Waals surface area contributed by atoms with Gasteiger partial charge in [0.2, 0.25) is 11.8 Å². The van der Waals surface area contributed by atoms with E-state index in [9.17, 15) is 9.90 Å². The summed E-state index contributed by atoms with van der Waals surface area (Å²) >= 11 is 0. The molecule has 3 N–H and O–H groups in total. The monoisotopic (exact) mass is 397 g/mol. The molecule has 3 aromatic rings. The third-order valence-electron chi connectivity index (χ3n) is 5.25. The average Bonchev–Trinajstić information content (AvgIpc) is 3.38. The number of fused-ring (bicyclic) bond motifs is 1. The number of nitrogens with zero attached hydrogens (tertiary/aromatic N) is 7. The Labute approximate surface area is 165 Å². The Morgan fingerprint density at radius 1 is 1.21 bits per heavy atom. The van der Waals surface area contributed by atoms with Crippen molar-refractivity contribution in [2.75, 3.05) is 38.1 Å². The van der Waals surface area contributed by atoms with Gasteiger partial charge in [-0.3, -0.25) is 4.98 Å². The minimum Gasteiger partial charge on any atom is -0.493 e. The summed E-state index contributed by atoms with van der Waals surface area (Å²) in [5.41, 5.74) is 0.936. The smallest absolute Gasteiger partial charge is 0.326 e. The first-order chi connectivity index (χ1) is 14.1. The molecule has 4 heterocycles. The van der Waals surface area contributed by atoms with E-state index in [2.05, 4.69) is 31.9 Å². The van der Waals surface area contributed by atoms with E-state index in [0.29, 0.717) is 22.4 Å². The van der Waals surface area contributed by atoms with Crippen LogP contribution in [-0.2, 0) is 0 Å². The molecule has 0 bridgehead atoms. The van der Waals surface area contributed by atoms with E-state index in [-0.39, 0.29) is 17.6 Å². The zero-order chi connectivity index (χ0) is 20.0. The predicted octanol–water partition coefficient (Wildman–Crippen LogP) is -1.40. The summed E-state index contributed by atoms with van der Waals surface area (Å²) in [6, 6.07) is 0.290. The van der Waals surface area contributed by atoms with Crippen molar-refractivity contribution in [3.63, 3.8) is 0 Å². The van der Waals surface area contributed by atoms with Crippen LogP contribution in [0.15, 0.2) is 16.0 Å². The number of aromatic amines is 2. The summed E-state index contributed by atoms with van der Waals surface area (Å²) in [6.07, 6.45) is 6.45. The van der Waals surface area contributed by atoms with Crippen LogP contribution in [0.1, 0.15) is 25.0 Å². The molecule has 0 aromatic carbocycles. The van der Waals surface area contributed by atoms with Crippen LogP contribution in [-0.4, -0.2) is 78.8 Å². The van der Waals surface area contributed by atoms with Crippen LogP contribution in [0.2, 0.25) is 0 Å². The van der Waals surface area contributed by atoms with Crippen molar-refractivity contribution in [3.05, 3.63) is 33.2 Å². The van der Waals surface area contributed by atoms with Gasteiger partial charge in [0.1, 0.15) is 5.69 Å². The molecule has 1 aliphatic carbocycles. The normalized spacial score (nSPS) is 20.0. The van der Waals surface area contributed by atoms with E-state index in [1.807, 2.05) is 0 Å². The quantitative estimate of drug-likeness (QED) is 0.495. The molecule has 0 radical (unpaired) electrons. The Kier molecular flexibility index (Phi) is 4.31. The number of aromatic nitrogens is 6. The lowest BCUT2D eigenvalue weighted by Crippen LogP contribution is -2.34. The van der Waals surface area contributed by atoms with Gasteiger partial charge in [-0.05, 0) is 38.9 Å². The van der Waals surface area contributed by atoms with Gasteiger partial charge in [-0.25, -0.2) is 9.79 Å². The van der Waals surface area contributed by atoms with Gasteiger partial charge >= 0.3 is 5.69 Å². The third kappa shape index (κ3) is 3.60. The number of anilines is 1. The van der Waals surface area contributed by atoms with Crippen molar-refractivity contribution in [1.82, 2.24) is 34.4 Å². The molecule has 2 aliphatic rings. The van der Waals surface area contributed by atoms with E-state index in [0.717, 1.165) is 45.4 Å². The molecule has 1 saturated heterocycles. The fraction of sp³-hybridized carbons (Fsp3) is 0.500. The highest BCUT2D eigenvalue weighted by atomic mass is 16.3. The van der Waals surface area contributed by atoms with E-state index >= 15 is 0 Å². The van der Waals surface area contributed by atoms with Crippen LogP contribution in [0.4, 0.5) is 5.95 Å². The van der Waals surface area contributed by atoms with Crippen molar-refractivity contribution in [1.29, 1.82) is 0 Å². The second kappa shape index (κ2) is 6.99. The molecule has 0 amide bonds. The number of rotatable bonds is 3. The van der Waals surface area contributed by atoms with Crippen LogP contribution in [0, 0.1) is 0 Å². The summed E-state index contributed by atoms with van der Waals surface area (Å²) in [5.74, 6) is 0.413. The molecule has 1 saturated carbocycles. The summed E-state index contributed by atoms with van der Waals surface area (Å²) in [4.78, 5) is 35.0. The molecule has 5 rings (SSSR count). The van der Waals surface area contributed by atoms with Gasteiger partial charge in [0.15, 0.2) is 5.65 Å². The lowest BCUT2D eigenvalue weighted by atomic mass is 10.3. The number of aromatic hydroxyl groups is 1. The second-order valence-electron chi connectivity index (χ2n) is 7.65. The number of H-pyrrole nitrogens is 2. The Balaban J connectivity index is 1.67. The second-order valence-corrected chi connectivity index (χ2v) is 7.65. The highest BCUT2D eigenvalue weighted by Crippen LogP contribution is 2.22. The molecule has 1 aliphatic heterocycles. The molecular weight excluding hydrogens is 374 g/mol. The molecule has 11 nitrogen and oxygen atoms in total. The molecule has 3 aromatic heterocycles. The zero-order valence-electron chi connectivity index (χ0n) is 16.2. The summed E-state index contributed by atoms with van der Waals surface area (Å²) < 4.78 is 1.62. The minimum atomic E-state index is -0.473. The molecule has 0 atom stereocenters. The van der Waals surface area contributed by atoms with Gasteiger partial charge in [0, 0.05) is 24.9 Å². The van der Waals surface area contributed by atoms with Crippen molar-refractivity contribution >= 4 is 17.7 Å². The summed E-state index contributed by atoms with van der Waals surface area (Å²) in [7, 11) is 2.12. The van der Waals surface area contributed by atoms with Crippen LogP contribution < -0.4 is 21.4 Å². The van der Waals surface area contributed by atoms with Crippen molar-refractivity contribution in [3.8, 4) is 5.88 Å². The highest BCUT2D eigenvalue weighted by Gasteiger charge is 2.22. The van der Waals surface area contributed by atoms with Gasteiger partial charge in [-0.1, -0.05) is 0 Å². The maximum absolute atomic E-state index is 11.4. The largest absolute Gasteiger partial charge is 0.493 e. The average molecular weight is 397 g/mol. The van der Waals surface area contributed by atoms with E-state index < -0.39 is 5.69 Å². The van der Waals surface area contributed by atoms with Gasteiger partial charge in [0.05, 0.1) is 12.2 Å². The first kappa shape index (κ1) is 17.9. The molecule has 2 fully saturated rings. The Bertz CT molecular complexity index is 1220. The standard InChI is InChI=1S/C18H23N9O2/c1-25-5-2-6-26(8-7-25)16-22-14-11(9-13-15(28)23-18(29)21-13)10-19-27(14)17(24-16)20-12-3-4-12/h9-10,12,28H,2-8H2,1H3,(H2,21,23,29)/b11-9+,20-17?. The highest BCUT2D eigenvalue weighted by molar-refractivity contribution is 5.57. The number of hydrogen-bond acceptors (Lipinski definition) is 8. The molecule has 29 heavy (non-hydrogen) atoms. The number of hydrogen-bond donors (Lipinski definition) is 3. The SMILES string of the molecule is CN1CCCN(c2nc(=NC3CC3)n3nc/c(=C\c4[nH]c(=O)[nH]c4O)c3n2)CC1. The third-order valence-corrected chi connectivity index (χ3v) is 5.25. The van der Waals surface area contributed by atoms with Gasteiger partial charge in [0.25, 0.3) is 5.62 Å². The van der Waals surface area contributed by atoms with E-state index in [4.69, 9.17) is 15.0 Å². The molecule has 152 valence electrons. The van der Waals surface area contributed by atoms with Crippen LogP contribution in [0.3, 0.4) is 0 Å². The van der Waals surface area contributed by atoms with Crippen LogP contribution in [0.5, 0.6) is 5.88 Å². The maximum Gasteiger partial charge on any atom is 0.326 e. The van der Waals surface area contributed by atoms with Crippen LogP contribution >= 0.6 is 0 Å². The number of imidazole rings is 1. The molecule has 0 spiro atoms. The van der Waals surface area contributed by atoms with Gasteiger partial charge in [-0.15, -0.1) is 0 Å². The fourth-order valence-corrected chi connectivity index (χ4v) is 3.46. The van der Waals surface area contributed by atoms with Crippen molar-refractivity contribution in [2.24, 2.45) is 4.99 Å². The Morgan fingerprint density at radius 2 is 2.07 bits per heavy atom. The Hall–Kier alpha value is -3.21. The minimum absolute atomic E-state index is 0.220. The van der Waals surface area contributed by atoms with Crippen molar-refractivity contribution < 1.29 is 5.11 Å². The molecule has 11 heteroatoms. The number of likely N-dealkylation sites (N-methyl/N-ethyl adjacent to an activating group) is 1. The van der Waals surface area contributed by atoms with Crippen LogP contribution in [0.25, 0.3) is 11.7 Å². The topological polar surface area (TPSA) is 131 Å². The van der Waals surface area contributed by atoms with Gasteiger partial charge < -0.3 is 19.9 Å². The molecular formula is C18H23N9O2. The zero-order valence-corrected chi connectivity index (χ0v) is 16.2. The van der Waals surface area contributed by atoms with Crippen molar-refractivity contribution in [2.45, 2.75) is 25.3 Å². The van der Waals surface area contributed by atoms with E-state index in [1.54, 1.807) is 16.8 Å². The first-order valence-corrected chi connectivity index (χ1v) is 9.83. The lowest BCUT2D eigenvalue weighted by Gasteiger charge is -2.20. The summed E-state index contributed by atoms with van der Waals surface area (Å²) in [6.45, 7) is 3.71. The number of nitrogens with one attached hydrogen (secondary N) is 2. The summed E-state index contributed by atoms with van der Waals surface area (Å²) in [5, 5.41) is 15.0. The van der Waals surface area contributed by atoms with E-state index in [1.165, 1.54) is 0 Å². The van der Waals surface area contributed by atoms with Gasteiger partial charge in [-0.2, -0.15) is 19.6 Å². The lowest BCUT2D eigenvalue weighted by molar-refractivity contribution is 0.360.